The van der Waals surface area contributed by atoms with E-state index in [1.165, 1.54) is 5.56 Å². The fourth-order valence-electron chi connectivity index (χ4n) is 3.15. The number of amides is 1. The highest BCUT2D eigenvalue weighted by atomic mass is 32.1. The third-order valence-corrected chi connectivity index (χ3v) is 5.34. The van der Waals surface area contributed by atoms with Crippen LogP contribution in [0, 0.1) is 6.92 Å². The molecule has 1 aromatic carbocycles. The van der Waals surface area contributed by atoms with Gasteiger partial charge in [0.25, 0.3) is 0 Å². The third-order valence-electron chi connectivity index (χ3n) is 4.61. The Morgan fingerprint density at radius 3 is 2.80 bits per heavy atom. The second kappa shape index (κ2) is 8.32. The first kappa shape index (κ1) is 17.7. The Morgan fingerprint density at radius 1 is 1.32 bits per heavy atom. The standard InChI is InChI=1S/C20H24N2O2S/c1-16-3-5-19(24-2)18(13-16)4-6-20(23)22-10-8-21(9-11-22)14-17-7-12-25-15-17/h3-7,12-13,15H,8-11,14H2,1-2H3/p+1/b6-4+. The summed E-state index contributed by atoms with van der Waals surface area (Å²) in [6.45, 7) is 6.73. The van der Waals surface area contributed by atoms with Crippen LogP contribution < -0.4 is 9.64 Å². The number of nitrogens with one attached hydrogen (secondary N) is 1. The molecule has 0 spiro atoms. The number of quaternary nitrogens is 1. The fourth-order valence-corrected chi connectivity index (χ4v) is 3.82. The Bertz CT molecular complexity index is 732. The van der Waals surface area contributed by atoms with Gasteiger partial charge in [-0.1, -0.05) is 11.6 Å². The summed E-state index contributed by atoms with van der Waals surface area (Å²) < 4.78 is 5.36. The fraction of sp³-hybridized carbons (Fsp3) is 0.350. The van der Waals surface area contributed by atoms with Crippen LogP contribution in [-0.4, -0.2) is 44.1 Å². The molecule has 1 aromatic heterocycles. The van der Waals surface area contributed by atoms with Gasteiger partial charge in [-0.05, 0) is 42.0 Å². The number of methoxy groups -OCH3 is 1. The number of nitrogens with zero attached hydrogens (tertiary/aromatic N) is 1. The van der Waals surface area contributed by atoms with E-state index in [9.17, 15) is 4.79 Å². The molecule has 1 amide bonds. The first-order chi connectivity index (χ1) is 12.2. The molecule has 1 aliphatic rings. The lowest BCUT2D eigenvalue weighted by atomic mass is 10.1. The van der Waals surface area contributed by atoms with Crippen LogP contribution in [0.2, 0.25) is 0 Å². The van der Waals surface area contributed by atoms with E-state index in [0.29, 0.717) is 0 Å². The van der Waals surface area contributed by atoms with Gasteiger partial charge in [-0.3, -0.25) is 4.79 Å². The first-order valence-corrected chi connectivity index (χ1v) is 9.56. The van der Waals surface area contributed by atoms with Gasteiger partial charge in [-0.15, -0.1) is 0 Å². The van der Waals surface area contributed by atoms with Crippen LogP contribution in [0.25, 0.3) is 6.08 Å². The van der Waals surface area contributed by atoms with Crippen molar-refractivity contribution in [1.82, 2.24) is 4.90 Å². The Balaban J connectivity index is 1.55. The molecule has 0 saturated carbocycles. The zero-order chi connectivity index (χ0) is 17.6. The normalized spacial score (nSPS) is 15.7. The molecule has 132 valence electrons. The Labute approximate surface area is 153 Å². The third kappa shape index (κ3) is 4.71. The van der Waals surface area contributed by atoms with E-state index in [1.807, 2.05) is 36.1 Å². The maximum absolute atomic E-state index is 12.5. The number of piperazine rings is 1. The van der Waals surface area contributed by atoms with Crippen LogP contribution >= 0.6 is 11.3 Å². The Morgan fingerprint density at radius 2 is 2.12 bits per heavy atom. The van der Waals surface area contributed by atoms with E-state index in [-0.39, 0.29) is 5.91 Å². The van der Waals surface area contributed by atoms with Gasteiger partial charge in [0.1, 0.15) is 12.3 Å². The van der Waals surface area contributed by atoms with E-state index in [1.54, 1.807) is 29.4 Å². The van der Waals surface area contributed by atoms with Crippen molar-refractivity contribution in [2.75, 3.05) is 33.3 Å². The van der Waals surface area contributed by atoms with Crippen molar-refractivity contribution in [3.63, 3.8) is 0 Å². The van der Waals surface area contributed by atoms with Crippen molar-refractivity contribution < 1.29 is 14.4 Å². The highest BCUT2D eigenvalue weighted by Gasteiger charge is 2.22. The molecule has 1 saturated heterocycles. The molecule has 0 unspecified atom stereocenters. The number of benzene rings is 1. The highest BCUT2D eigenvalue weighted by molar-refractivity contribution is 7.07. The van der Waals surface area contributed by atoms with Gasteiger partial charge < -0.3 is 14.5 Å². The minimum Gasteiger partial charge on any atom is -0.496 e. The second-order valence-electron chi connectivity index (χ2n) is 6.46. The number of ether oxygens (including phenoxy) is 1. The molecule has 0 radical (unpaired) electrons. The maximum atomic E-state index is 12.5. The van der Waals surface area contributed by atoms with Crippen LogP contribution in [0.4, 0.5) is 0 Å². The van der Waals surface area contributed by atoms with Crippen LogP contribution in [0.5, 0.6) is 5.75 Å². The smallest absolute Gasteiger partial charge is 0.246 e. The minimum atomic E-state index is 0.0816. The summed E-state index contributed by atoms with van der Waals surface area (Å²) in [5.74, 6) is 0.873. The maximum Gasteiger partial charge on any atom is 0.246 e. The van der Waals surface area contributed by atoms with Crippen molar-refractivity contribution in [3.8, 4) is 5.75 Å². The molecule has 0 bridgehead atoms. The van der Waals surface area contributed by atoms with E-state index >= 15 is 0 Å². The summed E-state index contributed by atoms with van der Waals surface area (Å²) in [6, 6.07) is 8.16. The van der Waals surface area contributed by atoms with Gasteiger partial charge in [0.05, 0.1) is 33.3 Å². The lowest BCUT2D eigenvalue weighted by Crippen LogP contribution is -3.13. The summed E-state index contributed by atoms with van der Waals surface area (Å²) in [5.41, 5.74) is 3.49. The average Bonchev–Trinajstić information content (AvgIpc) is 3.13. The van der Waals surface area contributed by atoms with Crippen LogP contribution in [-0.2, 0) is 11.3 Å². The summed E-state index contributed by atoms with van der Waals surface area (Å²) in [4.78, 5) is 16.0. The number of aryl methyl sites for hydroxylation is 1. The quantitative estimate of drug-likeness (QED) is 0.831. The second-order valence-corrected chi connectivity index (χ2v) is 7.24. The van der Waals surface area contributed by atoms with Gasteiger partial charge in [-0.25, -0.2) is 0 Å². The predicted octanol–water partition coefficient (Wildman–Crippen LogP) is 2.01. The first-order valence-electron chi connectivity index (χ1n) is 8.62. The molecule has 5 heteroatoms. The van der Waals surface area contributed by atoms with Gasteiger partial charge in [0.15, 0.2) is 0 Å². The molecule has 0 atom stereocenters. The molecule has 1 aliphatic heterocycles. The summed E-state index contributed by atoms with van der Waals surface area (Å²) in [5, 5.41) is 4.33. The summed E-state index contributed by atoms with van der Waals surface area (Å²) in [7, 11) is 1.65. The van der Waals surface area contributed by atoms with E-state index in [0.717, 1.165) is 49.6 Å². The Hall–Kier alpha value is -2.11. The van der Waals surface area contributed by atoms with Crippen molar-refractivity contribution >= 4 is 23.3 Å². The molecule has 1 fully saturated rings. The number of hydrogen-bond acceptors (Lipinski definition) is 3. The molecule has 2 heterocycles. The molecule has 2 aromatic rings. The molecule has 4 nitrogen and oxygen atoms in total. The SMILES string of the molecule is COc1ccc(C)cc1/C=C/C(=O)N1CC[NH+](Cc2ccsc2)CC1. The van der Waals surface area contributed by atoms with E-state index in [2.05, 4.69) is 16.8 Å². The number of carbonyl (C=O) groups excluding carboxylic acids is 1. The van der Waals surface area contributed by atoms with Crippen molar-refractivity contribution in [1.29, 1.82) is 0 Å². The van der Waals surface area contributed by atoms with Gasteiger partial charge in [-0.2, -0.15) is 11.3 Å². The number of rotatable bonds is 5. The van der Waals surface area contributed by atoms with Crippen LogP contribution in [0.1, 0.15) is 16.7 Å². The van der Waals surface area contributed by atoms with E-state index in [4.69, 9.17) is 4.74 Å². The Kier molecular flexibility index (Phi) is 5.89. The minimum absolute atomic E-state index is 0.0816. The molecule has 25 heavy (non-hydrogen) atoms. The number of hydrogen-bond donors (Lipinski definition) is 1. The van der Waals surface area contributed by atoms with Crippen LogP contribution in [0.3, 0.4) is 0 Å². The molecular formula is C20H25N2O2S+. The van der Waals surface area contributed by atoms with Crippen LogP contribution in [0.15, 0.2) is 41.1 Å². The summed E-state index contributed by atoms with van der Waals surface area (Å²) >= 11 is 1.74. The molecule has 1 N–H and O–H groups in total. The zero-order valence-corrected chi connectivity index (χ0v) is 15.6. The molecule has 0 aliphatic carbocycles. The average molecular weight is 357 g/mol. The van der Waals surface area contributed by atoms with Crippen molar-refractivity contribution in [2.45, 2.75) is 13.5 Å². The van der Waals surface area contributed by atoms with Crippen molar-refractivity contribution in [3.05, 3.63) is 57.8 Å². The highest BCUT2D eigenvalue weighted by Crippen LogP contribution is 2.21. The topological polar surface area (TPSA) is 34.0 Å². The lowest BCUT2D eigenvalue weighted by molar-refractivity contribution is -0.917. The largest absolute Gasteiger partial charge is 0.496 e. The van der Waals surface area contributed by atoms with E-state index < -0.39 is 0 Å². The number of thiophene rings is 1. The number of carbonyl (C=O) groups is 1. The summed E-state index contributed by atoms with van der Waals surface area (Å²) in [6.07, 6.45) is 3.53. The van der Waals surface area contributed by atoms with Crippen molar-refractivity contribution in [2.24, 2.45) is 0 Å². The van der Waals surface area contributed by atoms with Gasteiger partial charge in [0.2, 0.25) is 5.91 Å². The monoisotopic (exact) mass is 357 g/mol. The predicted molar refractivity (Wildman–Crippen MR) is 102 cm³/mol. The lowest BCUT2D eigenvalue weighted by Gasteiger charge is -2.31. The molecular weight excluding hydrogens is 332 g/mol. The zero-order valence-electron chi connectivity index (χ0n) is 14.8. The molecule has 3 rings (SSSR count). The van der Waals surface area contributed by atoms with Gasteiger partial charge in [0, 0.05) is 17.2 Å². The van der Waals surface area contributed by atoms with Gasteiger partial charge >= 0.3 is 0 Å².